The molecule has 4 aromatic rings. The van der Waals surface area contributed by atoms with Crippen LogP contribution in [-0.4, -0.2) is 51.3 Å². The minimum Gasteiger partial charge on any atom is -0.481 e. The largest absolute Gasteiger partial charge is 0.481 e. The fourth-order valence-electron chi connectivity index (χ4n) is 5.37. The fraction of sp³-hybridized carbons (Fsp3) is 0.357. The number of carbonyl (C=O) groups is 1. The molecule has 214 valence electrons. The van der Waals surface area contributed by atoms with Crippen LogP contribution in [0.3, 0.4) is 0 Å². The van der Waals surface area contributed by atoms with Crippen LogP contribution in [0.15, 0.2) is 47.6 Å². The first-order valence-electron chi connectivity index (χ1n) is 13.0. The quantitative estimate of drug-likeness (QED) is 0.329. The summed E-state index contributed by atoms with van der Waals surface area (Å²) in [6.07, 6.45) is 0.940. The number of fused-ring (bicyclic) bond motifs is 2. The monoisotopic (exact) mass is 585 g/mol. The van der Waals surface area contributed by atoms with Gasteiger partial charge in [-0.2, -0.15) is 0 Å². The number of nitrogens with zero attached hydrogens (tertiary/aromatic N) is 5. The summed E-state index contributed by atoms with van der Waals surface area (Å²) >= 11 is 0. The van der Waals surface area contributed by atoms with E-state index >= 15 is 0 Å². The molecule has 1 saturated carbocycles. The molecule has 1 spiro atoms. The number of benzene rings is 1. The highest BCUT2D eigenvalue weighted by Gasteiger charge is 2.50. The lowest BCUT2D eigenvalue weighted by Crippen LogP contribution is -2.35. The first-order valence-corrected chi connectivity index (χ1v) is 14.1. The second-order valence-corrected chi connectivity index (χ2v) is 12.0. The van der Waals surface area contributed by atoms with Crippen LogP contribution in [-0.2, 0) is 22.3 Å². The maximum absolute atomic E-state index is 14.0. The second-order valence-electron chi connectivity index (χ2n) is 10.6. The van der Waals surface area contributed by atoms with E-state index in [1.807, 2.05) is 25.1 Å². The molecule has 0 saturated heterocycles. The first kappa shape index (κ1) is 27.3. The molecule has 4 heterocycles. The standard InChI is InChI=1S/C28H26F3N5O4S/c1-15-3-4-17(21(11-23(37)38)20-5-8-36-25(16(20)2)33-34-26(36)24(30)31)9-18(15)13-35-14-28(6-7-28)40-27-22(41(35)39)10-19(29)12-32-27/h3-5,8-10,12,21,24H,6-7,11,13-14H2,1-2H3,(H,37,38). The average molecular weight is 586 g/mol. The summed E-state index contributed by atoms with van der Waals surface area (Å²) in [7, 11) is -1.75. The number of carboxylic acid groups (broad SMARTS) is 1. The normalized spacial score (nSPS) is 18.7. The van der Waals surface area contributed by atoms with Gasteiger partial charge in [0.05, 0.1) is 19.2 Å². The highest BCUT2D eigenvalue weighted by atomic mass is 32.2. The smallest absolute Gasteiger partial charge is 0.304 e. The maximum atomic E-state index is 14.0. The third kappa shape index (κ3) is 5.08. The van der Waals surface area contributed by atoms with E-state index in [2.05, 4.69) is 15.2 Å². The summed E-state index contributed by atoms with van der Waals surface area (Å²) in [5.74, 6) is -2.57. The van der Waals surface area contributed by atoms with Crippen molar-refractivity contribution in [3.05, 3.63) is 82.2 Å². The molecule has 1 fully saturated rings. The SMILES string of the molecule is Cc1ccc(C(CC(=O)O)c2ccn3c(C(F)F)nnc3c2C)cc1CN1CC2(CC2)Oc2ncc(F)cc2S1=O. The zero-order chi connectivity index (χ0) is 29.1. The number of halogens is 3. The predicted molar refractivity (Wildman–Crippen MR) is 142 cm³/mol. The van der Waals surface area contributed by atoms with E-state index in [0.29, 0.717) is 23.2 Å². The maximum Gasteiger partial charge on any atom is 0.304 e. The Balaban J connectivity index is 1.38. The van der Waals surface area contributed by atoms with E-state index in [1.165, 1.54) is 16.7 Å². The Hall–Kier alpha value is -3.84. The van der Waals surface area contributed by atoms with Gasteiger partial charge in [0.25, 0.3) is 6.43 Å². The van der Waals surface area contributed by atoms with Crippen molar-refractivity contribution in [3.8, 4) is 5.88 Å². The Morgan fingerprint density at radius 2 is 1.98 bits per heavy atom. The van der Waals surface area contributed by atoms with Crippen molar-refractivity contribution in [2.75, 3.05) is 6.54 Å². The number of rotatable bonds is 7. The summed E-state index contributed by atoms with van der Waals surface area (Å²) < 4.78 is 63.4. The summed E-state index contributed by atoms with van der Waals surface area (Å²) in [6, 6.07) is 8.40. The zero-order valence-electron chi connectivity index (χ0n) is 22.2. The molecule has 2 unspecified atom stereocenters. The van der Waals surface area contributed by atoms with E-state index in [0.717, 1.165) is 30.2 Å². The lowest BCUT2D eigenvalue weighted by atomic mass is 9.85. The summed E-state index contributed by atoms with van der Waals surface area (Å²) in [5.41, 5.74) is 3.28. The molecule has 41 heavy (non-hydrogen) atoms. The van der Waals surface area contributed by atoms with Gasteiger partial charge in [-0.05, 0) is 66.6 Å². The van der Waals surface area contributed by atoms with E-state index in [9.17, 15) is 27.3 Å². The molecule has 0 radical (unpaired) electrons. The number of carboxylic acids is 1. The number of aliphatic carboxylic acids is 1. The van der Waals surface area contributed by atoms with Gasteiger partial charge in [-0.1, -0.05) is 18.2 Å². The van der Waals surface area contributed by atoms with E-state index in [4.69, 9.17) is 4.74 Å². The van der Waals surface area contributed by atoms with Gasteiger partial charge in [-0.3, -0.25) is 9.20 Å². The van der Waals surface area contributed by atoms with Gasteiger partial charge in [-0.15, -0.1) is 10.2 Å². The van der Waals surface area contributed by atoms with Crippen LogP contribution in [0.4, 0.5) is 13.2 Å². The second kappa shape index (κ2) is 10.2. The van der Waals surface area contributed by atoms with Crippen molar-refractivity contribution in [3.63, 3.8) is 0 Å². The van der Waals surface area contributed by atoms with Crippen molar-refractivity contribution >= 4 is 22.6 Å². The molecular weight excluding hydrogens is 559 g/mol. The number of hydrogen-bond donors (Lipinski definition) is 1. The van der Waals surface area contributed by atoms with E-state index < -0.39 is 46.5 Å². The van der Waals surface area contributed by atoms with Crippen molar-refractivity contribution in [1.82, 2.24) is 23.9 Å². The summed E-state index contributed by atoms with van der Waals surface area (Å²) in [5, 5.41) is 17.3. The molecule has 2 atom stereocenters. The third-order valence-corrected chi connectivity index (χ3v) is 9.15. The van der Waals surface area contributed by atoms with Gasteiger partial charge >= 0.3 is 5.97 Å². The lowest BCUT2D eigenvalue weighted by Gasteiger charge is -2.24. The summed E-state index contributed by atoms with van der Waals surface area (Å²) in [6.45, 7) is 4.21. The van der Waals surface area contributed by atoms with E-state index in [1.54, 1.807) is 17.3 Å². The number of aromatic nitrogens is 4. The summed E-state index contributed by atoms with van der Waals surface area (Å²) in [4.78, 5) is 16.2. The average Bonchev–Trinajstić information content (AvgIpc) is 3.55. The third-order valence-electron chi connectivity index (χ3n) is 7.76. The molecule has 1 aliphatic heterocycles. The number of hydrogen-bond acceptors (Lipinski definition) is 6. The van der Waals surface area contributed by atoms with E-state index in [-0.39, 0.29) is 29.4 Å². The minimum absolute atomic E-state index is 0.172. The minimum atomic E-state index is -2.81. The molecular formula is C28H26F3N5O4S. The molecule has 3 aromatic heterocycles. The van der Waals surface area contributed by atoms with Crippen LogP contribution < -0.4 is 4.74 Å². The van der Waals surface area contributed by atoms with Crippen LogP contribution in [0.25, 0.3) is 5.65 Å². The molecule has 2 aliphatic rings. The lowest BCUT2D eigenvalue weighted by molar-refractivity contribution is -0.137. The Labute approximate surface area is 235 Å². The zero-order valence-corrected chi connectivity index (χ0v) is 23.0. The van der Waals surface area contributed by atoms with Gasteiger partial charge in [-0.25, -0.2) is 26.7 Å². The van der Waals surface area contributed by atoms with Gasteiger partial charge in [0, 0.05) is 18.7 Å². The van der Waals surface area contributed by atoms with Gasteiger partial charge in [0.15, 0.2) is 5.65 Å². The van der Waals surface area contributed by atoms with Gasteiger partial charge < -0.3 is 9.84 Å². The number of pyridine rings is 2. The van der Waals surface area contributed by atoms with Crippen LogP contribution in [0.1, 0.15) is 65.2 Å². The van der Waals surface area contributed by atoms with Crippen molar-refractivity contribution < 1.29 is 32.0 Å². The highest BCUT2D eigenvalue weighted by molar-refractivity contribution is 7.82. The topological polar surface area (TPSA) is 110 Å². The number of aryl methyl sites for hydroxylation is 2. The van der Waals surface area contributed by atoms with Crippen LogP contribution in [0.2, 0.25) is 0 Å². The van der Waals surface area contributed by atoms with Crippen LogP contribution >= 0.6 is 0 Å². The Kier molecular flexibility index (Phi) is 6.81. The predicted octanol–water partition coefficient (Wildman–Crippen LogP) is 4.87. The molecule has 1 aliphatic carbocycles. The molecule has 13 heteroatoms. The van der Waals surface area contributed by atoms with Crippen molar-refractivity contribution in [1.29, 1.82) is 0 Å². The molecule has 9 nitrogen and oxygen atoms in total. The van der Waals surface area contributed by atoms with Crippen molar-refractivity contribution in [2.45, 2.75) is 62.5 Å². The Morgan fingerprint density at radius 3 is 2.68 bits per heavy atom. The Bertz CT molecular complexity index is 1710. The molecule has 0 amide bonds. The van der Waals surface area contributed by atoms with Crippen LogP contribution in [0, 0.1) is 19.7 Å². The van der Waals surface area contributed by atoms with Gasteiger partial charge in [0.2, 0.25) is 11.7 Å². The highest BCUT2D eigenvalue weighted by Crippen LogP contribution is 2.45. The molecule has 1 aromatic carbocycles. The molecule has 6 rings (SSSR count). The van der Waals surface area contributed by atoms with Crippen LogP contribution in [0.5, 0.6) is 5.88 Å². The van der Waals surface area contributed by atoms with Crippen molar-refractivity contribution in [2.24, 2.45) is 0 Å². The van der Waals surface area contributed by atoms with Gasteiger partial charge in [0.1, 0.15) is 27.3 Å². The number of ether oxygens (including phenoxy) is 1. The fourth-order valence-corrected chi connectivity index (χ4v) is 6.72. The molecule has 1 N–H and O–H groups in total. The number of alkyl halides is 2. The first-order chi connectivity index (χ1) is 19.5. The Morgan fingerprint density at radius 1 is 1.20 bits per heavy atom. The molecule has 0 bridgehead atoms.